The van der Waals surface area contributed by atoms with Gasteiger partial charge in [-0.25, -0.2) is 0 Å². The largest absolute Gasteiger partial charge is 0.490 e. The van der Waals surface area contributed by atoms with Gasteiger partial charge in [0.25, 0.3) is 0 Å². The average molecular weight is 377 g/mol. The van der Waals surface area contributed by atoms with Gasteiger partial charge in [0.05, 0.1) is 19.1 Å². The summed E-state index contributed by atoms with van der Waals surface area (Å²) < 4.78 is 16.6. The standard InChI is InChI=1S/C21H25ClO4/c1-4-24-21(23)13-15(2)16(3)26-20-11-9-19(10-12-20)25-14-17-5-7-18(22)8-6-17/h5-12,15-16H,4,13-14H2,1-3H3. The molecule has 2 aromatic rings. The number of carbonyl (C=O) groups is 1. The van der Waals surface area contributed by atoms with E-state index in [0.717, 1.165) is 17.1 Å². The smallest absolute Gasteiger partial charge is 0.306 e. The van der Waals surface area contributed by atoms with Crippen LogP contribution in [0.1, 0.15) is 32.8 Å². The first-order chi connectivity index (χ1) is 12.5. The van der Waals surface area contributed by atoms with Crippen LogP contribution in [0.4, 0.5) is 0 Å². The molecule has 2 atom stereocenters. The predicted molar refractivity (Wildman–Crippen MR) is 103 cm³/mol. The molecule has 0 aliphatic rings. The van der Waals surface area contributed by atoms with E-state index in [4.69, 9.17) is 25.8 Å². The molecule has 0 heterocycles. The number of ether oxygens (including phenoxy) is 3. The Hall–Kier alpha value is -2.20. The quantitative estimate of drug-likeness (QED) is 0.559. The van der Waals surface area contributed by atoms with Gasteiger partial charge in [-0.3, -0.25) is 4.79 Å². The normalized spacial score (nSPS) is 12.9. The molecule has 5 heteroatoms. The molecule has 0 saturated heterocycles. The minimum Gasteiger partial charge on any atom is -0.490 e. The molecule has 0 spiro atoms. The van der Waals surface area contributed by atoms with Gasteiger partial charge in [-0.1, -0.05) is 30.7 Å². The Kier molecular flexibility index (Phi) is 7.79. The van der Waals surface area contributed by atoms with E-state index < -0.39 is 0 Å². The van der Waals surface area contributed by atoms with Gasteiger partial charge in [-0.05, 0) is 55.8 Å². The first kappa shape index (κ1) is 20.1. The SMILES string of the molecule is CCOC(=O)CC(C)C(C)Oc1ccc(OCc2ccc(Cl)cc2)cc1. The third kappa shape index (κ3) is 6.60. The summed E-state index contributed by atoms with van der Waals surface area (Å²) >= 11 is 5.87. The molecular formula is C21H25ClO4. The van der Waals surface area contributed by atoms with Crippen LogP contribution in [-0.4, -0.2) is 18.7 Å². The lowest BCUT2D eigenvalue weighted by atomic mass is 10.0. The maximum absolute atomic E-state index is 11.6. The molecule has 0 aromatic heterocycles. The molecule has 0 bridgehead atoms. The monoisotopic (exact) mass is 376 g/mol. The summed E-state index contributed by atoms with van der Waals surface area (Å²) in [5.74, 6) is 1.38. The Balaban J connectivity index is 1.82. The zero-order valence-electron chi connectivity index (χ0n) is 15.4. The highest BCUT2D eigenvalue weighted by atomic mass is 35.5. The van der Waals surface area contributed by atoms with Crippen LogP contribution < -0.4 is 9.47 Å². The molecule has 2 unspecified atom stereocenters. The molecule has 2 aromatic carbocycles. The van der Waals surface area contributed by atoms with Gasteiger partial charge in [0, 0.05) is 10.9 Å². The highest BCUT2D eigenvalue weighted by Gasteiger charge is 2.18. The van der Waals surface area contributed by atoms with Crippen molar-refractivity contribution < 1.29 is 19.0 Å². The molecule has 0 aliphatic carbocycles. The molecule has 0 radical (unpaired) electrons. The maximum atomic E-state index is 11.6. The Morgan fingerprint density at radius 3 is 2.23 bits per heavy atom. The Morgan fingerprint density at radius 1 is 1.00 bits per heavy atom. The summed E-state index contributed by atoms with van der Waals surface area (Å²) in [7, 11) is 0. The van der Waals surface area contributed by atoms with Crippen molar-refractivity contribution in [3.8, 4) is 11.5 Å². The predicted octanol–water partition coefficient (Wildman–Crippen LogP) is 5.28. The fourth-order valence-corrected chi connectivity index (χ4v) is 2.47. The summed E-state index contributed by atoms with van der Waals surface area (Å²) in [4.78, 5) is 11.6. The van der Waals surface area contributed by atoms with Crippen molar-refractivity contribution in [2.45, 2.75) is 39.9 Å². The van der Waals surface area contributed by atoms with E-state index in [-0.39, 0.29) is 18.0 Å². The Bertz CT molecular complexity index is 682. The number of esters is 1. The summed E-state index contributed by atoms with van der Waals surface area (Å²) in [6.45, 7) is 6.61. The van der Waals surface area contributed by atoms with Gasteiger partial charge in [0.1, 0.15) is 18.1 Å². The Morgan fingerprint density at radius 2 is 1.62 bits per heavy atom. The minimum absolute atomic E-state index is 0.0647. The van der Waals surface area contributed by atoms with Crippen LogP contribution >= 0.6 is 11.6 Å². The van der Waals surface area contributed by atoms with Crippen molar-refractivity contribution in [1.82, 2.24) is 0 Å². The first-order valence-electron chi connectivity index (χ1n) is 8.77. The second kappa shape index (κ2) is 10.1. The molecule has 0 saturated carbocycles. The molecular weight excluding hydrogens is 352 g/mol. The van der Waals surface area contributed by atoms with Crippen LogP contribution in [0.5, 0.6) is 11.5 Å². The highest BCUT2D eigenvalue weighted by molar-refractivity contribution is 6.30. The third-order valence-electron chi connectivity index (χ3n) is 4.06. The fraction of sp³-hybridized carbons (Fsp3) is 0.381. The van der Waals surface area contributed by atoms with Crippen LogP contribution in [0.25, 0.3) is 0 Å². The van der Waals surface area contributed by atoms with Crippen LogP contribution in [0.15, 0.2) is 48.5 Å². The van der Waals surface area contributed by atoms with Crippen molar-refractivity contribution >= 4 is 17.6 Å². The van der Waals surface area contributed by atoms with E-state index in [2.05, 4.69) is 0 Å². The summed E-state index contributed by atoms with van der Waals surface area (Å²) in [6.07, 6.45) is 0.248. The lowest BCUT2D eigenvalue weighted by Crippen LogP contribution is -2.24. The van der Waals surface area contributed by atoms with E-state index in [1.165, 1.54) is 0 Å². The number of hydrogen-bond acceptors (Lipinski definition) is 4. The van der Waals surface area contributed by atoms with E-state index in [0.29, 0.717) is 24.7 Å². The molecule has 4 nitrogen and oxygen atoms in total. The van der Waals surface area contributed by atoms with Crippen LogP contribution in [0.2, 0.25) is 5.02 Å². The average Bonchev–Trinajstić information content (AvgIpc) is 2.62. The first-order valence-corrected chi connectivity index (χ1v) is 9.15. The van der Waals surface area contributed by atoms with Gasteiger partial charge in [0.2, 0.25) is 0 Å². The van der Waals surface area contributed by atoms with Gasteiger partial charge < -0.3 is 14.2 Å². The molecule has 140 valence electrons. The van der Waals surface area contributed by atoms with Gasteiger partial charge in [-0.2, -0.15) is 0 Å². The number of carbonyl (C=O) groups excluding carboxylic acids is 1. The van der Waals surface area contributed by atoms with Crippen molar-refractivity contribution in [2.75, 3.05) is 6.61 Å². The zero-order valence-corrected chi connectivity index (χ0v) is 16.2. The maximum Gasteiger partial charge on any atom is 0.306 e. The summed E-state index contributed by atoms with van der Waals surface area (Å²) in [5, 5.41) is 0.710. The van der Waals surface area contributed by atoms with Gasteiger partial charge in [0.15, 0.2) is 0 Å². The lowest BCUT2D eigenvalue weighted by Gasteiger charge is -2.21. The van der Waals surface area contributed by atoms with Crippen molar-refractivity contribution in [1.29, 1.82) is 0 Å². The zero-order chi connectivity index (χ0) is 18.9. The fourth-order valence-electron chi connectivity index (χ4n) is 2.34. The second-order valence-electron chi connectivity index (χ2n) is 6.20. The summed E-state index contributed by atoms with van der Waals surface area (Å²) in [6, 6.07) is 15.0. The second-order valence-corrected chi connectivity index (χ2v) is 6.63. The van der Waals surface area contributed by atoms with E-state index in [1.807, 2.05) is 62.4 Å². The number of hydrogen-bond donors (Lipinski definition) is 0. The van der Waals surface area contributed by atoms with Gasteiger partial charge in [-0.15, -0.1) is 0 Å². The number of rotatable bonds is 9. The van der Waals surface area contributed by atoms with E-state index in [1.54, 1.807) is 6.92 Å². The topological polar surface area (TPSA) is 44.8 Å². The molecule has 0 N–H and O–H groups in total. The number of benzene rings is 2. The summed E-state index contributed by atoms with van der Waals surface area (Å²) in [5.41, 5.74) is 1.05. The lowest BCUT2D eigenvalue weighted by molar-refractivity contribution is -0.144. The molecule has 2 rings (SSSR count). The van der Waals surface area contributed by atoms with Crippen LogP contribution in [0, 0.1) is 5.92 Å². The molecule has 0 fully saturated rings. The van der Waals surface area contributed by atoms with E-state index >= 15 is 0 Å². The van der Waals surface area contributed by atoms with E-state index in [9.17, 15) is 4.79 Å². The van der Waals surface area contributed by atoms with Crippen molar-refractivity contribution in [2.24, 2.45) is 5.92 Å². The molecule has 26 heavy (non-hydrogen) atoms. The molecule has 0 aliphatic heterocycles. The minimum atomic E-state index is -0.193. The van der Waals surface area contributed by atoms with Crippen molar-refractivity contribution in [3.05, 3.63) is 59.1 Å². The third-order valence-corrected chi connectivity index (χ3v) is 4.31. The highest BCUT2D eigenvalue weighted by Crippen LogP contribution is 2.22. The van der Waals surface area contributed by atoms with Crippen LogP contribution in [0.3, 0.4) is 0 Å². The van der Waals surface area contributed by atoms with Crippen LogP contribution in [-0.2, 0) is 16.1 Å². The van der Waals surface area contributed by atoms with Gasteiger partial charge >= 0.3 is 5.97 Å². The number of halogens is 1. The molecule has 0 amide bonds. The van der Waals surface area contributed by atoms with Crippen molar-refractivity contribution in [3.63, 3.8) is 0 Å². The Labute approximate surface area is 160 Å².